The second kappa shape index (κ2) is 9.73. The van der Waals surface area contributed by atoms with Gasteiger partial charge < -0.3 is 19.3 Å². The predicted molar refractivity (Wildman–Crippen MR) is 99.9 cm³/mol. The molecule has 30 heavy (non-hydrogen) atoms. The Morgan fingerprint density at radius 3 is 2.63 bits per heavy atom. The van der Waals surface area contributed by atoms with E-state index in [1.807, 2.05) is 9.80 Å². The quantitative estimate of drug-likeness (QED) is 0.461. The summed E-state index contributed by atoms with van der Waals surface area (Å²) in [7, 11) is 1.26. The third-order valence-electron chi connectivity index (χ3n) is 5.61. The number of carbonyl (C=O) groups excluding carboxylic acids is 1. The number of anilines is 1. The van der Waals surface area contributed by atoms with Gasteiger partial charge in [-0.3, -0.25) is 0 Å². The number of rotatable bonds is 7. The number of thiazole rings is 1. The topological polar surface area (TPSA) is 54.9 Å². The molecular weight excluding hydrogens is 433 g/mol. The van der Waals surface area contributed by atoms with Crippen molar-refractivity contribution in [3.8, 4) is 0 Å². The lowest BCUT2D eigenvalue weighted by Crippen LogP contribution is -2.41. The van der Waals surface area contributed by atoms with E-state index < -0.39 is 24.7 Å². The SMILES string of the molecule is COC(=O)c1cnc(N2C[C@@H](CN3CCC(C(F)(F)F)CC3)C[C@H]2COC(F)F)s1. The highest BCUT2D eigenvalue weighted by Crippen LogP contribution is 2.36. The molecule has 1 aromatic rings. The third kappa shape index (κ3) is 5.79. The van der Waals surface area contributed by atoms with E-state index in [4.69, 9.17) is 0 Å². The van der Waals surface area contributed by atoms with Crippen LogP contribution in [-0.2, 0) is 9.47 Å². The average Bonchev–Trinajstić information content (AvgIpc) is 3.32. The summed E-state index contributed by atoms with van der Waals surface area (Å²) in [4.78, 5) is 20.1. The number of nitrogens with zero attached hydrogens (tertiary/aromatic N) is 3. The molecule has 2 aliphatic heterocycles. The molecule has 170 valence electrons. The molecule has 0 unspecified atom stereocenters. The second-order valence-electron chi connectivity index (χ2n) is 7.62. The summed E-state index contributed by atoms with van der Waals surface area (Å²) >= 11 is 1.11. The Balaban J connectivity index is 1.62. The molecule has 6 nitrogen and oxygen atoms in total. The molecule has 0 saturated carbocycles. The lowest BCUT2D eigenvalue weighted by atomic mass is 9.95. The Morgan fingerprint density at radius 2 is 2.03 bits per heavy atom. The van der Waals surface area contributed by atoms with Crippen molar-refractivity contribution in [2.75, 3.05) is 44.8 Å². The highest BCUT2D eigenvalue weighted by molar-refractivity contribution is 7.17. The van der Waals surface area contributed by atoms with E-state index in [-0.39, 0.29) is 31.4 Å². The predicted octanol–water partition coefficient (Wildman–Crippen LogP) is 3.64. The number of halogens is 5. The van der Waals surface area contributed by atoms with Gasteiger partial charge in [0.2, 0.25) is 0 Å². The molecule has 0 bridgehead atoms. The molecule has 0 radical (unpaired) electrons. The number of alkyl halides is 5. The highest BCUT2D eigenvalue weighted by atomic mass is 32.1. The van der Waals surface area contributed by atoms with Crippen molar-refractivity contribution in [2.24, 2.45) is 11.8 Å². The van der Waals surface area contributed by atoms with Gasteiger partial charge >= 0.3 is 18.8 Å². The molecule has 0 aromatic carbocycles. The summed E-state index contributed by atoms with van der Waals surface area (Å²) in [6.07, 6.45) is -2.07. The molecule has 0 aliphatic carbocycles. The van der Waals surface area contributed by atoms with Gasteiger partial charge in [-0.1, -0.05) is 11.3 Å². The Labute approximate surface area is 174 Å². The van der Waals surface area contributed by atoms with E-state index in [0.717, 1.165) is 11.3 Å². The minimum atomic E-state index is -4.16. The number of likely N-dealkylation sites (tertiary alicyclic amines) is 1. The minimum absolute atomic E-state index is 0.0733. The number of carbonyl (C=O) groups is 1. The Bertz CT molecular complexity index is 709. The number of esters is 1. The number of aromatic nitrogens is 1. The van der Waals surface area contributed by atoms with Gasteiger partial charge in [0.1, 0.15) is 4.88 Å². The van der Waals surface area contributed by atoms with Gasteiger partial charge in [0.25, 0.3) is 0 Å². The van der Waals surface area contributed by atoms with Gasteiger partial charge in [-0.25, -0.2) is 9.78 Å². The highest BCUT2D eigenvalue weighted by Gasteiger charge is 2.42. The summed E-state index contributed by atoms with van der Waals surface area (Å²) in [6, 6.07) is -0.353. The van der Waals surface area contributed by atoms with Crippen LogP contribution >= 0.6 is 11.3 Å². The monoisotopic (exact) mass is 457 g/mol. The zero-order chi connectivity index (χ0) is 21.9. The molecule has 2 saturated heterocycles. The van der Waals surface area contributed by atoms with Crippen LogP contribution in [0.2, 0.25) is 0 Å². The van der Waals surface area contributed by atoms with E-state index in [1.165, 1.54) is 13.3 Å². The van der Waals surface area contributed by atoms with E-state index in [9.17, 15) is 26.7 Å². The van der Waals surface area contributed by atoms with E-state index in [2.05, 4.69) is 14.5 Å². The van der Waals surface area contributed by atoms with Crippen LogP contribution in [0.5, 0.6) is 0 Å². The smallest absolute Gasteiger partial charge is 0.391 e. The standard InChI is InChI=1S/C18H24F5N3O3S/c1-28-15(27)14-7-24-17(30-14)26-9-11(6-13(26)10-29-16(19)20)8-25-4-2-12(3-5-25)18(21,22)23/h7,11-13,16H,2-6,8-10H2,1H3/t11-,13+/m1/s1. The first kappa shape index (κ1) is 23.1. The lowest BCUT2D eigenvalue weighted by molar-refractivity contribution is -0.185. The van der Waals surface area contributed by atoms with Crippen molar-refractivity contribution >= 4 is 22.4 Å². The van der Waals surface area contributed by atoms with Crippen molar-refractivity contribution in [1.82, 2.24) is 9.88 Å². The summed E-state index contributed by atoms with van der Waals surface area (Å²) < 4.78 is 72.9. The van der Waals surface area contributed by atoms with Crippen molar-refractivity contribution in [3.63, 3.8) is 0 Å². The molecule has 0 spiro atoms. The molecule has 3 heterocycles. The first-order valence-corrected chi connectivity index (χ1v) is 10.5. The normalized spacial score (nSPS) is 24.0. The van der Waals surface area contributed by atoms with Crippen molar-refractivity contribution in [2.45, 2.75) is 38.1 Å². The molecule has 2 fully saturated rings. The number of ether oxygens (including phenoxy) is 2. The molecule has 0 amide bonds. The fourth-order valence-electron chi connectivity index (χ4n) is 4.12. The first-order valence-electron chi connectivity index (χ1n) is 9.67. The van der Waals surface area contributed by atoms with Crippen LogP contribution in [0.15, 0.2) is 6.20 Å². The summed E-state index contributed by atoms with van der Waals surface area (Å²) in [6.45, 7) is -1.27. The van der Waals surface area contributed by atoms with Crippen molar-refractivity contribution < 1.29 is 36.2 Å². The van der Waals surface area contributed by atoms with Crippen LogP contribution in [-0.4, -0.2) is 74.6 Å². The lowest BCUT2D eigenvalue weighted by Gasteiger charge is -2.34. The number of hydrogen-bond acceptors (Lipinski definition) is 7. The first-order chi connectivity index (χ1) is 14.2. The number of piperidine rings is 1. The summed E-state index contributed by atoms with van der Waals surface area (Å²) in [5.41, 5.74) is 0. The van der Waals surface area contributed by atoms with Crippen LogP contribution < -0.4 is 4.90 Å². The van der Waals surface area contributed by atoms with Crippen molar-refractivity contribution in [3.05, 3.63) is 11.1 Å². The third-order valence-corrected chi connectivity index (χ3v) is 6.62. The minimum Gasteiger partial charge on any atom is -0.465 e. The fourth-order valence-corrected chi connectivity index (χ4v) is 5.04. The fraction of sp³-hybridized carbons (Fsp3) is 0.778. The Kier molecular flexibility index (Phi) is 7.51. The van der Waals surface area contributed by atoms with Gasteiger partial charge in [0, 0.05) is 13.1 Å². The van der Waals surface area contributed by atoms with Crippen molar-refractivity contribution in [1.29, 1.82) is 0 Å². The van der Waals surface area contributed by atoms with Gasteiger partial charge in [-0.15, -0.1) is 0 Å². The van der Waals surface area contributed by atoms with E-state index in [0.29, 0.717) is 42.6 Å². The average molecular weight is 457 g/mol. The Hall–Kier alpha value is -1.53. The molecule has 2 aliphatic rings. The summed E-state index contributed by atoms with van der Waals surface area (Å²) in [5.74, 6) is -1.71. The molecule has 2 atom stereocenters. The van der Waals surface area contributed by atoms with E-state index >= 15 is 0 Å². The van der Waals surface area contributed by atoms with Gasteiger partial charge in [0.05, 0.1) is 31.9 Å². The zero-order valence-electron chi connectivity index (χ0n) is 16.4. The molecule has 0 N–H and O–H groups in total. The van der Waals surface area contributed by atoms with Crippen LogP contribution in [0, 0.1) is 11.8 Å². The maximum Gasteiger partial charge on any atom is 0.391 e. The van der Waals surface area contributed by atoms with Gasteiger partial charge in [0.15, 0.2) is 5.13 Å². The molecule has 3 rings (SSSR count). The zero-order valence-corrected chi connectivity index (χ0v) is 17.2. The molecule has 1 aromatic heterocycles. The second-order valence-corrected chi connectivity index (χ2v) is 8.63. The largest absolute Gasteiger partial charge is 0.465 e. The summed E-state index contributed by atoms with van der Waals surface area (Å²) in [5, 5.41) is 0.511. The van der Waals surface area contributed by atoms with Crippen LogP contribution in [0.3, 0.4) is 0 Å². The molecule has 12 heteroatoms. The number of hydrogen-bond donors (Lipinski definition) is 0. The van der Waals surface area contributed by atoms with Crippen LogP contribution in [0.1, 0.15) is 28.9 Å². The van der Waals surface area contributed by atoms with Crippen LogP contribution in [0.4, 0.5) is 27.1 Å². The molecular formula is C18H24F5N3O3S. The maximum absolute atomic E-state index is 12.9. The van der Waals surface area contributed by atoms with Gasteiger partial charge in [-0.05, 0) is 38.3 Å². The van der Waals surface area contributed by atoms with Gasteiger partial charge in [-0.2, -0.15) is 22.0 Å². The van der Waals surface area contributed by atoms with E-state index in [1.54, 1.807) is 0 Å². The maximum atomic E-state index is 12.9. The van der Waals surface area contributed by atoms with Crippen LogP contribution in [0.25, 0.3) is 0 Å². The number of methoxy groups -OCH3 is 1. The Morgan fingerprint density at radius 1 is 1.33 bits per heavy atom.